The van der Waals surface area contributed by atoms with Crippen LogP contribution < -0.4 is 0 Å². The van der Waals surface area contributed by atoms with Crippen LogP contribution in [-0.2, 0) is 16.0 Å². The van der Waals surface area contributed by atoms with Gasteiger partial charge in [0.2, 0.25) is 0 Å². The van der Waals surface area contributed by atoms with Gasteiger partial charge in [-0.2, -0.15) is 0 Å². The third-order valence-corrected chi connectivity index (χ3v) is 3.70. The molecule has 1 fully saturated rings. The van der Waals surface area contributed by atoms with Crippen LogP contribution in [-0.4, -0.2) is 44.4 Å². The minimum atomic E-state index is 0.523. The zero-order chi connectivity index (χ0) is 12.8. The van der Waals surface area contributed by atoms with Crippen molar-refractivity contribution in [3.05, 3.63) is 35.9 Å². The first-order valence-corrected chi connectivity index (χ1v) is 6.62. The number of hydrogen-bond donors (Lipinski definition) is 0. The summed E-state index contributed by atoms with van der Waals surface area (Å²) < 4.78 is 10.7. The van der Waals surface area contributed by atoms with E-state index in [0.717, 1.165) is 19.8 Å². The minimum absolute atomic E-state index is 0.523. The molecular formula is C15H23NO2. The van der Waals surface area contributed by atoms with Crippen molar-refractivity contribution < 1.29 is 9.47 Å². The molecule has 18 heavy (non-hydrogen) atoms. The summed E-state index contributed by atoms with van der Waals surface area (Å²) in [5.74, 6) is 0. The molecular weight excluding hydrogens is 226 g/mol. The van der Waals surface area contributed by atoms with Gasteiger partial charge >= 0.3 is 0 Å². The van der Waals surface area contributed by atoms with Gasteiger partial charge in [0.1, 0.15) is 0 Å². The van der Waals surface area contributed by atoms with Crippen LogP contribution in [0.1, 0.15) is 18.4 Å². The van der Waals surface area contributed by atoms with Crippen molar-refractivity contribution >= 4 is 0 Å². The van der Waals surface area contributed by atoms with E-state index in [1.54, 1.807) is 14.2 Å². The molecule has 0 bridgehead atoms. The van der Waals surface area contributed by atoms with E-state index in [1.807, 2.05) is 0 Å². The molecule has 0 amide bonds. The minimum Gasteiger partial charge on any atom is -0.383 e. The number of hydrogen-bond acceptors (Lipinski definition) is 3. The normalized spacial score (nSPS) is 24.6. The van der Waals surface area contributed by atoms with Crippen molar-refractivity contribution in [3.8, 4) is 0 Å². The maximum Gasteiger partial charge on any atom is 0.0618 e. The second kappa shape index (κ2) is 6.88. The predicted molar refractivity (Wildman–Crippen MR) is 72.5 cm³/mol. The molecule has 2 rings (SSSR count). The Labute approximate surface area is 110 Å². The first-order valence-electron chi connectivity index (χ1n) is 6.62. The highest BCUT2D eigenvalue weighted by atomic mass is 16.5. The van der Waals surface area contributed by atoms with Crippen LogP contribution in [0, 0.1) is 0 Å². The molecule has 0 spiro atoms. The summed E-state index contributed by atoms with van der Waals surface area (Å²) in [5, 5.41) is 0. The lowest BCUT2D eigenvalue weighted by molar-refractivity contribution is 0.0580. The van der Waals surface area contributed by atoms with E-state index in [0.29, 0.717) is 12.1 Å². The fourth-order valence-electron chi connectivity index (χ4n) is 2.81. The van der Waals surface area contributed by atoms with Gasteiger partial charge in [-0.1, -0.05) is 30.3 Å². The third-order valence-electron chi connectivity index (χ3n) is 3.70. The van der Waals surface area contributed by atoms with Gasteiger partial charge < -0.3 is 9.47 Å². The predicted octanol–water partition coefficient (Wildman–Crippen LogP) is 2.31. The van der Waals surface area contributed by atoms with Crippen molar-refractivity contribution in [2.24, 2.45) is 0 Å². The highest BCUT2D eigenvalue weighted by molar-refractivity contribution is 5.15. The maximum atomic E-state index is 5.34. The summed E-state index contributed by atoms with van der Waals surface area (Å²) in [6.07, 6.45) is 2.41. The van der Waals surface area contributed by atoms with Gasteiger partial charge in [0.25, 0.3) is 0 Å². The Morgan fingerprint density at radius 3 is 2.06 bits per heavy atom. The van der Waals surface area contributed by atoms with E-state index in [9.17, 15) is 0 Å². The largest absolute Gasteiger partial charge is 0.383 e. The third kappa shape index (κ3) is 3.31. The molecule has 0 aromatic heterocycles. The number of likely N-dealkylation sites (tertiary alicyclic amines) is 1. The van der Waals surface area contributed by atoms with Crippen molar-refractivity contribution in [3.63, 3.8) is 0 Å². The smallest absolute Gasteiger partial charge is 0.0618 e. The summed E-state index contributed by atoms with van der Waals surface area (Å²) in [6.45, 7) is 2.61. The zero-order valence-corrected chi connectivity index (χ0v) is 11.3. The molecule has 0 N–H and O–H groups in total. The Morgan fingerprint density at radius 1 is 1.00 bits per heavy atom. The second-order valence-electron chi connectivity index (χ2n) is 4.95. The van der Waals surface area contributed by atoms with Crippen LogP contribution in [0.15, 0.2) is 30.3 Å². The topological polar surface area (TPSA) is 21.7 Å². The first-order chi connectivity index (χ1) is 8.85. The molecule has 1 aromatic rings. The van der Waals surface area contributed by atoms with Gasteiger partial charge in [-0.25, -0.2) is 0 Å². The number of methoxy groups -OCH3 is 2. The highest BCUT2D eigenvalue weighted by Gasteiger charge is 2.32. The van der Waals surface area contributed by atoms with Gasteiger partial charge in [0.05, 0.1) is 13.2 Å². The lowest BCUT2D eigenvalue weighted by atomic mass is 10.2. The van der Waals surface area contributed by atoms with Crippen molar-refractivity contribution in [2.45, 2.75) is 31.5 Å². The summed E-state index contributed by atoms with van der Waals surface area (Å²) in [4.78, 5) is 2.53. The summed E-state index contributed by atoms with van der Waals surface area (Å²) in [5.41, 5.74) is 1.36. The molecule has 1 aliphatic rings. The quantitative estimate of drug-likeness (QED) is 0.772. The zero-order valence-electron chi connectivity index (χ0n) is 11.3. The molecule has 1 aromatic carbocycles. The van der Waals surface area contributed by atoms with Crippen LogP contribution in [0.25, 0.3) is 0 Å². The van der Waals surface area contributed by atoms with Crippen molar-refractivity contribution in [2.75, 3.05) is 27.4 Å². The van der Waals surface area contributed by atoms with Crippen LogP contribution in [0.3, 0.4) is 0 Å². The SMILES string of the molecule is COC[C@H]1CC[C@@H](COC)N1Cc1ccccc1. The first kappa shape index (κ1) is 13.5. The van der Waals surface area contributed by atoms with Crippen molar-refractivity contribution in [1.29, 1.82) is 0 Å². The monoisotopic (exact) mass is 249 g/mol. The number of nitrogens with zero attached hydrogens (tertiary/aromatic N) is 1. The van der Waals surface area contributed by atoms with E-state index < -0.39 is 0 Å². The maximum absolute atomic E-state index is 5.34. The van der Waals surface area contributed by atoms with Crippen LogP contribution in [0.4, 0.5) is 0 Å². The molecule has 2 atom stereocenters. The fourth-order valence-corrected chi connectivity index (χ4v) is 2.81. The van der Waals surface area contributed by atoms with E-state index in [-0.39, 0.29) is 0 Å². The molecule has 3 nitrogen and oxygen atoms in total. The molecule has 0 unspecified atom stereocenters. The summed E-state index contributed by atoms with van der Waals surface area (Å²) in [7, 11) is 3.56. The van der Waals surface area contributed by atoms with Crippen LogP contribution in [0.2, 0.25) is 0 Å². The molecule has 1 saturated heterocycles. The molecule has 1 heterocycles. The molecule has 0 aliphatic carbocycles. The Kier molecular flexibility index (Phi) is 5.17. The summed E-state index contributed by atoms with van der Waals surface area (Å²) in [6, 6.07) is 11.7. The van der Waals surface area contributed by atoms with E-state index in [2.05, 4.69) is 35.2 Å². The van der Waals surface area contributed by atoms with Gasteiger partial charge in [0.15, 0.2) is 0 Å². The number of ether oxygens (including phenoxy) is 2. The fraction of sp³-hybridized carbons (Fsp3) is 0.600. The lowest BCUT2D eigenvalue weighted by Crippen LogP contribution is -2.40. The number of benzene rings is 1. The van der Waals surface area contributed by atoms with E-state index >= 15 is 0 Å². The van der Waals surface area contributed by atoms with Gasteiger partial charge in [-0.15, -0.1) is 0 Å². The molecule has 1 aliphatic heterocycles. The second-order valence-corrected chi connectivity index (χ2v) is 4.95. The molecule has 0 saturated carbocycles. The van der Waals surface area contributed by atoms with E-state index in [4.69, 9.17) is 9.47 Å². The Hall–Kier alpha value is -0.900. The van der Waals surface area contributed by atoms with Gasteiger partial charge in [-0.3, -0.25) is 4.90 Å². The Morgan fingerprint density at radius 2 is 1.56 bits per heavy atom. The van der Waals surface area contributed by atoms with Crippen molar-refractivity contribution in [1.82, 2.24) is 4.90 Å². The summed E-state index contributed by atoms with van der Waals surface area (Å²) >= 11 is 0. The molecule has 0 radical (unpaired) electrons. The number of rotatable bonds is 6. The van der Waals surface area contributed by atoms with Gasteiger partial charge in [-0.05, 0) is 18.4 Å². The molecule has 3 heteroatoms. The lowest BCUT2D eigenvalue weighted by Gasteiger charge is -2.29. The highest BCUT2D eigenvalue weighted by Crippen LogP contribution is 2.26. The Bertz CT molecular complexity index is 328. The van der Waals surface area contributed by atoms with Gasteiger partial charge in [0, 0.05) is 32.8 Å². The Balaban J connectivity index is 2.03. The van der Waals surface area contributed by atoms with Crippen LogP contribution in [0.5, 0.6) is 0 Å². The van der Waals surface area contributed by atoms with E-state index in [1.165, 1.54) is 18.4 Å². The standard InChI is InChI=1S/C15H23NO2/c1-17-11-14-8-9-15(12-18-2)16(14)10-13-6-4-3-5-7-13/h3-7,14-15H,8-12H2,1-2H3/t14-,15+. The molecule has 100 valence electrons. The van der Waals surface area contributed by atoms with Crippen LogP contribution >= 0.6 is 0 Å². The average molecular weight is 249 g/mol. The average Bonchev–Trinajstić information content (AvgIpc) is 2.75.